The van der Waals surface area contributed by atoms with E-state index in [-0.39, 0.29) is 5.41 Å². The molecular formula is C12H18N2O2. The molecule has 0 saturated carbocycles. The molecule has 88 valence electrons. The van der Waals surface area contributed by atoms with E-state index in [1.54, 1.807) is 13.1 Å². The van der Waals surface area contributed by atoms with Crippen LogP contribution < -0.4 is 0 Å². The summed E-state index contributed by atoms with van der Waals surface area (Å²) in [7, 11) is 0. The highest BCUT2D eigenvalue weighted by Crippen LogP contribution is 2.19. The van der Waals surface area contributed by atoms with E-state index in [1.165, 1.54) is 0 Å². The predicted octanol–water partition coefficient (Wildman–Crippen LogP) is 2.04. The molecule has 4 nitrogen and oxygen atoms in total. The van der Waals surface area contributed by atoms with Gasteiger partial charge in [0.15, 0.2) is 0 Å². The molecule has 0 aliphatic carbocycles. The minimum atomic E-state index is -0.815. The van der Waals surface area contributed by atoms with Crippen molar-refractivity contribution >= 4 is 5.97 Å². The number of carboxylic acid groups (broad SMARTS) is 1. The van der Waals surface area contributed by atoms with Crippen LogP contribution in [-0.4, -0.2) is 21.0 Å². The summed E-state index contributed by atoms with van der Waals surface area (Å²) in [5, 5.41) is 8.82. The molecule has 1 aromatic heterocycles. The van der Waals surface area contributed by atoms with Crippen molar-refractivity contribution in [2.45, 2.75) is 39.5 Å². The lowest BCUT2D eigenvalue weighted by Gasteiger charge is -2.18. The van der Waals surface area contributed by atoms with Gasteiger partial charge in [-0.25, -0.2) is 9.97 Å². The van der Waals surface area contributed by atoms with Crippen LogP contribution in [0.25, 0.3) is 0 Å². The van der Waals surface area contributed by atoms with Crippen LogP contribution in [0.3, 0.4) is 0 Å². The number of aliphatic carboxylic acids is 1. The van der Waals surface area contributed by atoms with E-state index in [9.17, 15) is 4.79 Å². The molecule has 0 amide bonds. The fourth-order valence-electron chi connectivity index (χ4n) is 1.28. The Bertz CT molecular complexity index is 383. The molecule has 0 saturated heterocycles. The number of hydrogen-bond acceptors (Lipinski definition) is 3. The molecular weight excluding hydrogens is 204 g/mol. The molecule has 0 aliphatic heterocycles. The number of aromatic nitrogens is 2. The van der Waals surface area contributed by atoms with Gasteiger partial charge in [-0.05, 0) is 6.07 Å². The van der Waals surface area contributed by atoms with Gasteiger partial charge in [0.25, 0.3) is 0 Å². The molecule has 1 aromatic rings. The third-order valence-corrected chi connectivity index (χ3v) is 2.38. The van der Waals surface area contributed by atoms with Crippen molar-refractivity contribution in [3.63, 3.8) is 0 Å². The van der Waals surface area contributed by atoms with Crippen molar-refractivity contribution in [1.82, 2.24) is 9.97 Å². The van der Waals surface area contributed by atoms with Crippen molar-refractivity contribution in [1.29, 1.82) is 0 Å². The fourth-order valence-corrected chi connectivity index (χ4v) is 1.28. The zero-order chi connectivity index (χ0) is 12.3. The van der Waals surface area contributed by atoms with E-state index in [2.05, 4.69) is 30.7 Å². The Morgan fingerprint density at radius 3 is 2.62 bits per heavy atom. The van der Waals surface area contributed by atoms with Crippen LogP contribution in [0, 0.1) is 5.92 Å². The molecule has 0 aliphatic rings. The second-order valence-electron chi connectivity index (χ2n) is 5.05. The molecule has 4 heteroatoms. The summed E-state index contributed by atoms with van der Waals surface area (Å²) in [4.78, 5) is 19.2. The maximum atomic E-state index is 10.7. The van der Waals surface area contributed by atoms with Gasteiger partial charge in [0, 0.05) is 23.7 Å². The Balaban J connectivity index is 2.87. The second-order valence-corrected chi connectivity index (χ2v) is 5.05. The SMILES string of the molecule is CC(Cc1nccc(C(C)(C)C)n1)C(=O)O. The minimum Gasteiger partial charge on any atom is -0.481 e. The van der Waals surface area contributed by atoms with Crippen LogP contribution in [0.1, 0.15) is 39.2 Å². The summed E-state index contributed by atoms with van der Waals surface area (Å²) in [5.41, 5.74) is 0.902. The summed E-state index contributed by atoms with van der Waals surface area (Å²) < 4.78 is 0. The molecule has 0 spiro atoms. The first-order chi connectivity index (χ1) is 7.30. The summed E-state index contributed by atoms with van der Waals surface area (Å²) in [6.45, 7) is 7.87. The van der Waals surface area contributed by atoms with E-state index in [1.807, 2.05) is 6.07 Å². The Hall–Kier alpha value is -1.45. The molecule has 1 rings (SSSR count). The zero-order valence-corrected chi connectivity index (χ0v) is 10.2. The monoisotopic (exact) mass is 222 g/mol. The number of rotatable bonds is 3. The largest absolute Gasteiger partial charge is 0.481 e. The van der Waals surface area contributed by atoms with Crippen molar-refractivity contribution in [3.8, 4) is 0 Å². The minimum absolute atomic E-state index is 0.0375. The predicted molar refractivity (Wildman–Crippen MR) is 61.2 cm³/mol. The first-order valence-corrected chi connectivity index (χ1v) is 5.36. The van der Waals surface area contributed by atoms with Crippen LogP contribution in [-0.2, 0) is 16.6 Å². The van der Waals surface area contributed by atoms with Gasteiger partial charge in [-0.3, -0.25) is 4.79 Å². The number of carboxylic acids is 1. The lowest BCUT2D eigenvalue weighted by molar-refractivity contribution is -0.141. The highest BCUT2D eigenvalue weighted by atomic mass is 16.4. The molecule has 0 radical (unpaired) electrons. The van der Waals surface area contributed by atoms with E-state index in [4.69, 9.17) is 5.11 Å². The summed E-state index contributed by atoms with van der Waals surface area (Å²) in [6.07, 6.45) is 2.07. The van der Waals surface area contributed by atoms with Gasteiger partial charge < -0.3 is 5.11 Å². The topological polar surface area (TPSA) is 63.1 Å². The molecule has 0 aromatic carbocycles. The van der Waals surface area contributed by atoms with E-state index in [0.717, 1.165) is 5.69 Å². The van der Waals surface area contributed by atoms with E-state index < -0.39 is 11.9 Å². The van der Waals surface area contributed by atoms with Crippen molar-refractivity contribution in [2.75, 3.05) is 0 Å². The van der Waals surface area contributed by atoms with Gasteiger partial charge in [0.1, 0.15) is 5.82 Å². The number of nitrogens with zero attached hydrogens (tertiary/aromatic N) is 2. The van der Waals surface area contributed by atoms with Gasteiger partial charge in [-0.2, -0.15) is 0 Å². The summed E-state index contributed by atoms with van der Waals surface area (Å²) in [5.74, 6) is -0.665. The number of hydrogen-bond donors (Lipinski definition) is 1. The Morgan fingerprint density at radius 1 is 1.50 bits per heavy atom. The van der Waals surface area contributed by atoms with E-state index >= 15 is 0 Å². The van der Waals surface area contributed by atoms with Crippen molar-refractivity contribution in [2.24, 2.45) is 5.92 Å². The van der Waals surface area contributed by atoms with Crippen LogP contribution in [0.4, 0.5) is 0 Å². The molecule has 1 N–H and O–H groups in total. The average Bonchev–Trinajstić information content (AvgIpc) is 2.16. The molecule has 1 atom stereocenters. The summed E-state index contributed by atoms with van der Waals surface area (Å²) >= 11 is 0. The summed E-state index contributed by atoms with van der Waals surface area (Å²) in [6, 6.07) is 1.87. The Kier molecular flexibility index (Phi) is 3.62. The van der Waals surface area contributed by atoms with Gasteiger partial charge in [-0.15, -0.1) is 0 Å². The van der Waals surface area contributed by atoms with Gasteiger partial charge in [0.05, 0.1) is 5.92 Å². The standard InChI is InChI=1S/C12H18N2O2/c1-8(11(15)16)7-10-13-6-5-9(14-10)12(2,3)4/h5-6,8H,7H2,1-4H3,(H,15,16). The van der Waals surface area contributed by atoms with Crippen LogP contribution >= 0.6 is 0 Å². The van der Waals surface area contributed by atoms with Crippen molar-refractivity contribution in [3.05, 3.63) is 23.8 Å². The third-order valence-electron chi connectivity index (χ3n) is 2.38. The highest BCUT2D eigenvalue weighted by molar-refractivity contribution is 5.69. The molecule has 0 fully saturated rings. The molecule has 16 heavy (non-hydrogen) atoms. The first-order valence-electron chi connectivity index (χ1n) is 5.36. The zero-order valence-electron chi connectivity index (χ0n) is 10.2. The first kappa shape index (κ1) is 12.6. The van der Waals surface area contributed by atoms with Crippen LogP contribution in [0.5, 0.6) is 0 Å². The molecule has 1 unspecified atom stereocenters. The van der Waals surface area contributed by atoms with Crippen LogP contribution in [0.2, 0.25) is 0 Å². The maximum absolute atomic E-state index is 10.7. The molecule has 0 bridgehead atoms. The lowest BCUT2D eigenvalue weighted by atomic mass is 9.92. The quantitative estimate of drug-likeness (QED) is 0.850. The average molecular weight is 222 g/mol. The second kappa shape index (κ2) is 4.60. The van der Waals surface area contributed by atoms with Gasteiger partial charge >= 0.3 is 5.97 Å². The molecule has 1 heterocycles. The van der Waals surface area contributed by atoms with Crippen molar-refractivity contribution < 1.29 is 9.90 Å². The van der Waals surface area contributed by atoms with Crippen LogP contribution in [0.15, 0.2) is 12.3 Å². The highest BCUT2D eigenvalue weighted by Gasteiger charge is 2.18. The fraction of sp³-hybridized carbons (Fsp3) is 0.583. The Morgan fingerprint density at radius 2 is 2.12 bits per heavy atom. The van der Waals surface area contributed by atoms with Gasteiger partial charge in [0.2, 0.25) is 0 Å². The Labute approximate surface area is 95.7 Å². The normalized spacial score (nSPS) is 13.5. The van der Waals surface area contributed by atoms with Gasteiger partial charge in [-0.1, -0.05) is 27.7 Å². The smallest absolute Gasteiger partial charge is 0.306 e. The third kappa shape index (κ3) is 3.29. The number of carbonyl (C=O) groups is 1. The van der Waals surface area contributed by atoms with E-state index in [0.29, 0.717) is 12.2 Å². The lowest BCUT2D eigenvalue weighted by Crippen LogP contribution is -2.18. The maximum Gasteiger partial charge on any atom is 0.306 e.